The van der Waals surface area contributed by atoms with Crippen LogP contribution >= 0.6 is 11.3 Å². The van der Waals surface area contributed by atoms with E-state index in [0.29, 0.717) is 18.3 Å². The van der Waals surface area contributed by atoms with Crippen LogP contribution in [0, 0.1) is 0 Å². The highest BCUT2D eigenvalue weighted by Crippen LogP contribution is 2.29. The monoisotopic (exact) mass is 273 g/mol. The Bertz CT molecular complexity index is 553. The molecule has 0 atom stereocenters. The van der Waals surface area contributed by atoms with Crippen LogP contribution < -0.4 is 0 Å². The maximum Gasteiger partial charge on any atom is 0.247 e. The van der Waals surface area contributed by atoms with Crippen LogP contribution in [0.5, 0.6) is 0 Å². The van der Waals surface area contributed by atoms with Gasteiger partial charge in [-0.25, -0.2) is 0 Å². The van der Waals surface area contributed by atoms with Gasteiger partial charge in [-0.05, 0) is 53.4 Å². The van der Waals surface area contributed by atoms with E-state index in [-0.39, 0.29) is 5.91 Å². The van der Waals surface area contributed by atoms with Crippen LogP contribution in [0.15, 0.2) is 45.7 Å². The van der Waals surface area contributed by atoms with Gasteiger partial charge in [-0.2, -0.15) is 11.3 Å². The molecule has 19 heavy (non-hydrogen) atoms. The Balaban J connectivity index is 1.68. The second-order valence-electron chi connectivity index (χ2n) is 4.68. The highest BCUT2D eigenvalue weighted by atomic mass is 32.1. The molecule has 0 spiro atoms. The van der Waals surface area contributed by atoms with Gasteiger partial charge >= 0.3 is 0 Å². The number of hydrogen-bond acceptors (Lipinski definition) is 3. The fourth-order valence-corrected chi connectivity index (χ4v) is 2.65. The van der Waals surface area contributed by atoms with E-state index >= 15 is 0 Å². The predicted octanol–water partition coefficient (Wildman–Crippen LogP) is 3.55. The third-order valence-electron chi connectivity index (χ3n) is 3.14. The average Bonchev–Trinajstić information content (AvgIpc) is 2.94. The Morgan fingerprint density at radius 2 is 2.37 bits per heavy atom. The molecular formula is C15H15NO2S. The summed E-state index contributed by atoms with van der Waals surface area (Å²) >= 11 is 1.67. The minimum atomic E-state index is 0.0603. The van der Waals surface area contributed by atoms with E-state index < -0.39 is 0 Å². The van der Waals surface area contributed by atoms with Gasteiger partial charge < -0.3 is 9.32 Å². The number of nitrogens with zero attached hydrogens (tertiary/aromatic N) is 1. The first-order chi connectivity index (χ1) is 9.33. The molecule has 2 aromatic rings. The van der Waals surface area contributed by atoms with Crippen molar-refractivity contribution < 1.29 is 9.21 Å². The van der Waals surface area contributed by atoms with Crippen molar-refractivity contribution in [3.63, 3.8) is 0 Å². The smallest absolute Gasteiger partial charge is 0.247 e. The normalized spacial score (nSPS) is 14.9. The summed E-state index contributed by atoms with van der Waals surface area (Å²) < 4.78 is 5.19. The van der Waals surface area contributed by atoms with Gasteiger partial charge in [-0.1, -0.05) is 0 Å². The second-order valence-corrected chi connectivity index (χ2v) is 5.46. The number of carbonyl (C=O) groups is 1. The van der Waals surface area contributed by atoms with Crippen molar-refractivity contribution in [2.75, 3.05) is 0 Å². The van der Waals surface area contributed by atoms with Gasteiger partial charge in [-0.15, -0.1) is 0 Å². The van der Waals surface area contributed by atoms with Crippen LogP contribution in [0.2, 0.25) is 0 Å². The number of furan rings is 1. The Hall–Kier alpha value is -1.81. The molecule has 1 amide bonds. The van der Waals surface area contributed by atoms with Gasteiger partial charge in [0, 0.05) is 18.7 Å². The van der Waals surface area contributed by atoms with Crippen LogP contribution in [0.1, 0.15) is 24.2 Å². The molecule has 98 valence electrons. The third kappa shape index (κ3) is 3.15. The number of hydrogen-bond donors (Lipinski definition) is 0. The molecule has 0 aromatic carbocycles. The predicted molar refractivity (Wildman–Crippen MR) is 75.6 cm³/mol. The Morgan fingerprint density at radius 3 is 3.00 bits per heavy atom. The molecule has 0 bridgehead atoms. The lowest BCUT2D eigenvalue weighted by atomic mass is 10.3. The molecule has 3 rings (SSSR count). The summed E-state index contributed by atoms with van der Waals surface area (Å²) in [6, 6.07) is 6.13. The molecule has 0 saturated heterocycles. The average molecular weight is 273 g/mol. The minimum absolute atomic E-state index is 0.0603. The molecule has 0 N–H and O–H groups in total. The molecule has 0 aliphatic heterocycles. The van der Waals surface area contributed by atoms with Crippen LogP contribution in [-0.2, 0) is 11.3 Å². The maximum absolute atomic E-state index is 12.2. The quantitative estimate of drug-likeness (QED) is 0.781. The van der Waals surface area contributed by atoms with Crippen LogP contribution in [0.4, 0.5) is 0 Å². The van der Waals surface area contributed by atoms with Crippen molar-refractivity contribution in [2.45, 2.75) is 25.4 Å². The summed E-state index contributed by atoms with van der Waals surface area (Å²) in [6.45, 7) is 0.704. The topological polar surface area (TPSA) is 33.5 Å². The zero-order valence-electron chi connectivity index (χ0n) is 10.5. The second kappa shape index (κ2) is 5.45. The molecule has 2 aromatic heterocycles. The number of thiophene rings is 1. The SMILES string of the molecule is O=C(/C=C/c1ccco1)N(Cc1ccsc1)C1CC1. The van der Waals surface area contributed by atoms with E-state index in [0.717, 1.165) is 12.8 Å². The molecule has 1 fully saturated rings. The maximum atomic E-state index is 12.2. The van der Waals surface area contributed by atoms with Gasteiger partial charge in [-0.3, -0.25) is 4.79 Å². The van der Waals surface area contributed by atoms with E-state index in [4.69, 9.17) is 4.42 Å². The van der Waals surface area contributed by atoms with Crippen LogP contribution in [0.25, 0.3) is 6.08 Å². The number of carbonyl (C=O) groups excluding carboxylic acids is 1. The molecule has 0 radical (unpaired) electrons. The first kappa shape index (κ1) is 12.2. The van der Waals surface area contributed by atoms with Crippen molar-refractivity contribution in [1.29, 1.82) is 0 Å². The molecule has 3 nitrogen and oxygen atoms in total. The highest BCUT2D eigenvalue weighted by Gasteiger charge is 2.31. The lowest BCUT2D eigenvalue weighted by molar-refractivity contribution is -0.127. The lowest BCUT2D eigenvalue weighted by Gasteiger charge is -2.20. The van der Waals surface area contributed by atoms with Crippen molar-refractivity contribution in [1.82, 2.24) is 4.90 Å². The fraction of sp³-hybridized carbons (Fsp3) is 0.267. The van der Waals surface area contributed by atoms with E-state index in [1.807, 2.05) is 22.4 Å². The van der Waals surface area contributed by atoms with Gasteiger partial charge in [0.05, 0.1) is 6.26 Å². The number of amides is 1. The van der Waals surface area contributed by atoms with E-state index in [1.165, 1.54) is 5.56 Å². The van der Waals surface area contributed by atoms with Crippen molar-refractivity contribution in [3.05, 3.63) is 52.6 Å². The summed E-state index contributed by atoms with van der Waals surface area (Å²) in [4.78, 5) is 14.2. The first-order valence-electron chi connectivity index (χ1n) is 6.36. The Labute approximate surface area is 116 Å². The molecular weight excluding hydrogens is 258 g/mol. The summed E-state index contributed by atoms with van der Waals surface area (Å²) in [6.07, 6.45) is 7.16. The highest BCUT2D eigenvalue weighted by molar-refractivity contribution is 7.07. The zero-order chi connectivity index (χ0) is 13.1. The van der Waals surface area contributed by atoms with E-state index in [9.17, 15) is 4.79 Å². The lowest BCUT2D eigenvalue weighted by Crippen LogP contribution is -2.30. The van der Waals surface area contributed by atoms with Gasteiger partial charge in [0.1, 0.15) is 5.76 Å². The molecule has 0 unspecified atom stereocenters. The molecule has 2 heterocycles. The van der Waals surface area contributed by atoms with Gasteiger partial charge in [0.2, 0.25) is 5.91 Å². The van der Waals surface area contributed by atoms with Crippen LogP contribution in [0.3, 0.4) is 0 Å². The third-order valence-corrected chi connectivity index (χ3v) is 3.87. The summed E-state index contributed by atoms with van der Waals surface area (Å²) in [7, 11) is 0. The van der Waals surface area contributed by atoms with Gasteiger partial charge in [0.25, 0.3) is 0 Å². The van der Waals surface area contributed by atoms with Crippen molar-refractivity contribution in [2.24, 2.45) is 0 Å². The van der Waals surface area contributed by atoms with Crippen molar-refractivity contribution >= 4 is 23.3 Å². The molecule has 1 aliphatic rings. The Morgan fingerprint density at radius 1 is 1.47 bits per heavy atom. The van der Waals surface area contributed by atoms with Crippen LogP contribution in [-0.4, -0.2) is 16.8 Å². The summed E-state index contributed by atoms with van der Waals surface area (Å²) in [5.41, 5.74) is 1.21. The fourth-order valence-electron chi connectivity index (χ4n) is 1.99. The van der Waals surface area contributed by atoms with E-state index in [1.54, 1.807) is 29.8 Å². The molecule has 1 saturated carbocycles. The molecule has 4 heteroatoms. The van der Waals surface area contributed by atoms with E-state index in [2.05, 4.69) is 11.4 Å². The van der Waals surface area contributed by atoms with Crippen molar-refractivity contribution in [3.8, 4) is 0 Å². The summed E-state index contributed by atoms with van der Waals surface area (Å²) in [5, 5.41) is 4.14. The zero-order valence-corrected chi connectivity index (χ0v) is 11.3. The standard InChI is InChI=1S/C15H15NO2S/c17-15(6-5-14-2-1-8-18-14)16(13-3-4-13)10-12-7-9-19-11-12/h1-2,5-9,11,13H,3-4,10H2/b6-5+. The van der Waals surface area contributed by atoms with Gasteiger partial charge in [0.15, 0.2) is 0 Å². The largest absolute Gasteiger partial charge is 0.465 e. The first-order valence-corrected chi connectivity index (χ1v) is 7.30. The molecule has 1 aliphatic carbocycles. The minimum Gasteiger partial charge on any atom is -0.465 e. The summed E-state index contributed by atoms with van der Waals surface area (Å²) in [5.74, 6) is 0.768. The Kier molecular flexibility index (Phi) is 3.51. The number of rotatable bonds is 5.